The number of non-ortho nitro benzene ring substituents is 1. The number of benzene rings is 2. The maximum Gasteiger partial charge on any atom is 0.279 e. The van der Waals surface area contributed by atoms with Gasteiger partial charge in [-0.05, 0) is 12.1 Å². The summed E-state index contributed by atoms with van der Waals surface area (Å²) in [4.78, 5) is 26.4. The first-order valence-corrected chi connectivity index (χ1v) is 7.46. The summed E-state index contributed by atoms with van der Waals surface area (Å²) in [5, 5.41) is 10.8. The first-order chi connectivity index (χ1) is 11.4. The smallest absolute Gasteiger partial charge is 0.279 e. The van der Waals surface area contributed by atoms with E-state index in [1.54, 1.807) is 0 Å². The van der Waals surface area contributed by atoms with Gasteiger partial charge >= 0.3 is 0 Å². The lowest BCUT2D eigenvalue weighted by Crippen LogP contribution is -2.13. The molecule has 0 spiro atoms. The van der Waals surface area contributed by atoms with Crippen LogP contribution in [0, 0.1) is 21.7 Å². The van der Waals surface area contributed by atoms with Crippen molar-refractivity contribution in [1.29, 1.82) is 0 Å². The van der Waals surface area contributed by atoms with Gasteiger partial charge in [0.05, 0.1) is 15.1 Å². The highest BCUT2D eigenvalue weighted by atomic mass is 32.1. The molecular formula is C15H9F2N3O3S. The number of nitrogens with zero attached hydrogens (tertiary/aromatic N) is 3. The number of aryl methyl sites for hydroxylation is 1. The van der Waals surface area contributed by atoms with Gasteiger partial charge < -0.3 is 4.57 Å². The Balaban J connectivity index is 2.12. The minimum absolute atomic E-state index is 0.0355. The SMILES string of the molecule is Cn1c(=NC(=O)c2cccc([N+](=O)[O-])c2)sc2cc(F)cc(F)c21. The Bertz CT molecular complexity index is 1060. The molecule has 0 aliphatic rings. The normalized spacial score (nSPS) is 11.9. The third-order valence-electron chi connectivity index (χ3n) is 3.32. The fourth-order valence-corrected chi connectivity index (χ4v) is 3.27. The molecule has 9 heteroatoms. The molecule has 24 heavy (non-hydrogen) atoms. The van der Waals surface area contributed by atoms with E-state index in [0.29, 0.717) is 4.70 Å². The van der Waals surface area contributed by atoms with Gasteiger partial charge in [-0.2, -0.15) is 4.99 Å². The van der Waals surface area contributed by atoms with Crippen molar-refractivity contribution < 1.29 is 18.5 Å². The summed E-state index contributed by atoms with van der Waals surface area (Å²) in [6.07, 6.45) is 0. The van der Waals surface area contributed by atoms with Crippen LogP contribution in [-0.4, -0.2) is 15.4 Å². The third kappa shape index (κ3) is 2.81. The van der Waals surface area contributed by atoms with Gasteiger partial charge in [-0.1, -0.05) is 17.4 Å². The molecule has 1 heterocycles. The number of carbonyl (C=O) groups is 1. The lowest BCUT2D eigenvalue weighted by atomic mass is 10.2. The summed E-state index contributed by atoms with van der Waals surface area (Å²) in [7, 11) is 1.50. The molecule has 0 atom stereocenters. The number of hydrogen-bond acceptors (Lipinski definition) is 4. The van der Waals surface area contributed by atoms with Crippen molar-refractivity contribution in [3.8, 4) is 0 Å². The predicted molar refractivity (Wildman–Crippen MR) is 83.7 cm³/mol. The van der Waals surface area contributed by atoms with Gasteiger partial charge in [0.25, 0.3) is 11.6 Å². The van der Waals surface area contributed by atoms with Gasteiger partial charge in [0.2, 0.25) is 0 Å². The van der Waals surface area contributed by atoms with E-state index in [9.17, 15) is 23.7 Å². The van der Waals surface area contributed by atoms with Crippen molar-refractivity contribution in [2.24, 2.45) is 12.0 Å². The van der Waals surface area contributed by atoms with Crippen LogP contribution >= 0.6 is 11.3 Å². The summed E-state index contributed by atoms with van der Waals surface area (Å²) in [6.45, 7) is 0. The molecule has 0 N–H and O–H groups in total. The molecule has 0 radical (unpaired) electrons. The minimum Gasteiger partial charge on any atom is -0.317 e. The zero-order valence-corrected chi connectivity index (χ0v) is 13.0. The monoisotopic (exact) mass is 349 g/mol. The zero-order valence-electron chi connectivity index (χ0n) is 12.2. The number of thiazole rings is 1. The van der Waals surface area contributed by atoms with Crippen molar-refractivity contribution in [3.05, 3.63) is 68.5 Å². The van der Waals surface area contributed by atoms with Crippen LogP contribution < -0.4 is 4.80 Å². The van der Waals surface area contributed by atoms with Crippen LogP contribution in [0.3, 0.4) is 0 Å². The Morgan fingerprint density at radius 3 is 2.75 bits per heavy atom. The second-order valence-electron chi connectivity index (χ2n) is 4.90. The maximum atomic E-state index is 13.9. The molecule has 6 nitrogen and oxygen atoms in total. The molecule has 0 fully saturated rings. The Labute approximate surface area is 137 Å². The van der Waals surface area contributed by atoms with E-state index in [-0.39, 0.29) is 21.6 Å². The summed E-state index contributed by atoms with van der Waals surface area (Å²) < 4.78 is 28.8. The van der Waals surface area contributed by atoms with Gasteiger partial charge in [0, 0.05) is 30.8 Å². The van der Waals surface area contributed by atoms with Crippen LogP contribution in [0.5, 0.6) is 0 Å². The van der Waals surface area contributed by atoms with Gasteiger partial charge in [-0.3, -0.25) is 14.9 Å². The number of halogens is 2. The van der Waals surface area contributed by atoms with Crippen LogP contribution in [0.2, 0.25) is 0 Å². The summed E-state index contributed by atoms with van der Waals surface area (Å²) in [5.41, 5.74) is -0.0646. The van der Waals surface area contributed by atoms with Crippen molar-refractivity contribution in [2.75, 3.05) is 0 Å². The quantitative estimate of drug-likeness (QED) is 0.527. The molecule has 2 aromatic carbocycles. The highest BCUT2D eigenvalue weighted by Crippen LogP contribution is 2.21. The summed E-state index contributed by atoms with van der Waals surface area (Å²) in [6, 6.07) is 7.04. The average molecular weight is 349 g/mol. The maximum absolute atomic E-state index is 13.9. The molecule has 0 saturated heterocycles. The Morgan fingerprint density at radius 2 is 2.04 bits per heavy atom. The van der Waals surface area contributed by atoms with E-state index < -0.39 is 22.5 Å². The fraction of sp³-hybridized carbons (Fsp3) is 0.0667. The van der Waals surface area contributed by atoms with Crippen molar-refractivity contribution in [1.82, 2.24) is 4.57 Å². The molecule has 0 unspecified atom stereocenters. The average Bonchev–Trinajstić information content (AvgIpc) is 2.83. The van der Waals surface area contributed by atoms with E-state index in [0.717, 1.165) is 29.5 Å². The van der Waals surface area contributed by atoms with Crippen LogP contribution in [0.1, 0.15) is 10.4 Å². The number of amides is 1. The Kier molecular flexibility index (Phi) is 3.94. The van der Waals surface area contributed by atoms with E-state index in [2.05, 4.69) is 4.99 Å². The second kappa shape index (κ2) is 5.93. The van der Waals surface area contributed by atoms with E-state index in [1.165, 1.54) is 29.8 Å². The summed E-state index contributed by atoms with van der Waals surface area (Å²) >= 11 is 0.947. The molecule has 0 aliphatic carbocycles. The lowest BCUT2D eigenvalue weighted by Gasteiger charge is -1.98. The third-order valence-corrected chi connectivity index (χ3v) is 4.40. The lowest BCUT2D eigenvalue weighted by molar-refractivity contribution is -0.384. The fourth-order valence-electron chi connectivity index (χ4n) is 2.21. The molecule has 3 aromatic rings. The zero-order chi connectivity index (χ0) is 17.4. The molecular weight excluding hydrogens is 340 g/mol. The largest absolute Gasteiger partial charge is 0.317 e. The van der Waals surface area contributed by atoms with Gasteiger partial charge in [0.15, 0.2) is 10.6 Å². The van der Waals surface area contributed by atoms with Crippen molar-refractivity contribution in [3.63, 3.8) is 0 Å². The molecule has 1 amide bonds. The van der Waals surface area contributed by atoms with E-state index in [1.807, 2.05) is 0 Å². The van der Waals surface area contributed by atoms with Crippen molar-refractivity contribution >= 4 is 33.1 Å². The highest BCUT2D eigenvalue weighted by molar-refractivity contribution is 7.16. The first kappa shape index (κ1) is 15.9. The van der Waals surface area contributed by atoms with Crippen LogP contribution in [0.15, 0.2) is 41.4 Å². The highest BCUT2D eigenvalue weighted by Gasteiger charge is 2.14. The molecule has 1 aromatic heterocycles. The molecule has 3 rings (SSSR count). The van der Waals surface area contributed by atoms with Gasteiger partial charge in [0.1, 0.15) is 5.82 Å². The molecule has 0 bridgehead atoms. The van der Waals surface area contributed by atoms with Gasteiger partial charge in [-0.15, -0.1) is 0 Å². The van der Waals surface area contributed by atoms with Crippen LogP contribution in [-0.2, 0) is 7.05 Å². The first-order valence-electron chi connectivity index (χ1n) is 6.65. The number of nitro benzene ring substituents is 1. The number of rotatable bonds is 2. The standard InChI is InChI=1S/C15H9F2N3O3S/c1-19-13-11(17)6-9(16)7-12(13)24-15(19)18-14(21)8-3-2-4-10(5-8)20(22)23/h2-7H,1H3. The topological polar surface area (TPSA) is 77.5 Å². The van der Waals surface area contributed by atoms with E-state index >= 15 is 0 Å². The second-order valence-corrected chi connectivity index (χ2v) is 5.91. The van der Waals surface area contributed by atoms with E-state index in [4.69, 9.17) is 0 Å². The Hall–Kier alpha value is -2.94. The minimum atomic E-state index is -0.756. The number of hydrogen-bond donors (Lipinski definition) is 0. The molecule has 122 valence electrons. The number of fused-ring (bicyclic) bond motifs is 1. The molecule has 0 aliphatic heterocycles. The van der Waals surface area contributed by atoms with Crippen LogP contribution in [0.4, 0.5) is 14.5 Å². The van der Waals surface area contributed by atoms with Crippen LogP contribution in [0.25, 0.3) is 10.2 Å². The van der Waals surface area contributed by atoms with Crippen molar-refractivity contribution in [2.45, 2.75) is 0 Å². The molecule has 0 saturated carbocycles. The number of nitro groups is 1. The Morgan fingerprint density at radius 1 is 1.29 bits per heavy atom. The predicted octanol–water partition coefficient (Wildman–Crippen LogP) is 3.17. The summed E-state index contributed by atoms with van der Waals surface area (Å²) in [5.74, 6) is -2.19. The van der Waals surface area contributed by atoms with Gasteiger partial charge in [-0.25, -0.2) is 8.78 Å². The number of aromatic nitrogens is 1. The number of carbonyl (C=O) groups excluding carboxylic acids is 1.